The number of anilines is 1. The average Bonchev–Trinajstić information content (AvgIpc) is 2.37. The van der Waals surface area contributed by atoms with Crippen LogP contribution in [0.15, 0.2) is 24.3 Å². The summed E-state index contributed by atoms with van der Waals surface area (Å²) in [6.07, 6.45) is 0. The Labute approximate surface area is 115 Å². The molecule has 0 saturated heterocycles. The first kappa shape index (κ1) is 13.8. The highest BCUT2D eigenvalue weighted by atomic mass is 15.2. The molecule has 0 aliphatic heterocycles. The van der Waals surface area contributed by atoms with Gasteiger partial charge in [-0.15, -0.1) is 5.10 Å². The zero-order chi connectivity index (χ0) is 14.0. The van der Waals surface area contributed by atoms with E-state index in [9.17, 15) is 0 Å². The molecule has 1 unspecified atom stereocenters. The van der Waals surface area contributed by atoms with Gasteiger partial charge in [-0.1, -0.05) is 52.0 Å². The molecule has 0 saturated carbocycles. The number of hydrogen-bond acceptors (Lipinski definition) is 3. The predicted molar refractivity (Wildman–Crippen MR) is 81.4 cm³/mol. The van der Waals surface area contributed by atoms with Gasteiger partial charge in [0.15, 0.2) is 5.82 Å². The summed E-state index contributed by atoms with van der Waals surface area (Å²) < 4.78 is 0. The van der Waals surface area contributed by atoms with Crippen molar-refractivity contribution in [2.45, 2.75) is 34.6 Å². The molecule has 0 aliphatic rings. The topological polar surface area (TPSA) is 37.8 Å². The Bertz CT molecular complexity index is 570. The number of aromatic nitrogens is 2. The number of fused-ring (bicyclic) bond motifs is 1. The third-order valence-corrected chi connectivity index (χ3v) is 3.93. The van der Waals surface area contributed by atoms with Crippen LogP contribution in [0.2, 0.25) is 0 Å². The molecule has 1 aromatic heterocycles. The number of hydrogen-bond donors (Lipinski definition) is 1. The molecule has 1 N–H and O–H groups in total. The van der Waals surface area contributed by atoms with Crippen molar-refractivity contribution in [3.63, 3.8) is 0 Å². The van der Waals surface area contributed by atoms with E-state index >= 15 is 0 Å². The maximum Gasteiger partial charge on any atom is 0.156 e. The molecular formula is C16H23N3. The van der Waals surface area contributed by atoms with E-state index in [4.69, 9.17) is 0 Å². The first-order valence-corrected chi connectivity index (χ1v) is 6.85. The van der Waals surface area contributed by atoms with Crippen molar-refractivity contribution in [3.05, 3.63) is 30.0 Å². The molecule has 2 aromatic rings. The van der Waals surface area contributed by atoms with Gasteiger partial charge in [-0.05, 0) is 18.3 Å². The van der Waals surface area contributed by atoms with Gasteiger partial charge in [0.05, 0.1) is 5.69 Å². The van der Waals surface area contributed by atoms with Gasteiger partial charge < -0.3 is 5.32 Å². The summed E-state index contributed by atoms with van der Waals surface area (Å²) in [5.41, 5.74) is 1.27. The largest absolute Gasteiger partial charge is 0.368 e. The van der Waals surface area contributed by atoms with E-state index in [1.54, 1.807) is 0 Å². The van der Waals surface area contributed by atoms with Gasteiger partial charge in [0.25, 0.3) is 0 Å². The number of benzene rings is 1. The molecule has 0 radical (unpaired) electrons. The predicted octanol–water partition coefficient (Wildman–Crippen LogP) is 4.03. The Morgan fingerprint density at radius 3 is 2.37 bits per heavy atom. The minimum absolute atomic E-state index is 0.293. The monoisotopic (exact) mass is 257 g/mol. The fourth-order valence-corrected chi connectivity index (χ4v) is 1.92. The summed E-state index contributed by atoms with van der Waals surface area (Å²) in [5.74, 6) is 1.45. The van der Waals surface area contributed by atoms with Crippen LogP contribution in [0, 0.1) is 18.3 Å². The van der Waals surface area contributed by atoms with Crippen LogP contribution in [0.3, 0.4) is 0 Å². The van der Waals surface area contributed by atoms with Crippen LogP contribution in [0.4, 0.5) is 5.82 Å². The van der Waals surface area contributed by atoms with Crippen LogP contribution in [-0.4, -0.2) is 16.7 Å². The zero-order valence-electron chi connectivity index (χ0n) is 12.5. The molecule has 1 heterocycles. The second-order valence-electron chi connectivity index (χ2n) is 6.33. The quantitative estimate of drug-likeness (QED) is 0.902. The van der Waals surface area contributed by atoms with E-state index in [1.807, 2.05) is 19.1 Å². The van der Waals surface area contributed by atoms with Crippen LogP contribution in [-0.2, 0) is 0 Å². The molecule has 0 spiro atoms. The fraction of sp³-hybridized carbons (Fsp3) is 0.500. The van der Waals surface area contributed by atoms with Crippen molar-refractivity contribution in [2.24, 2.45) is 11.3 Å². The van der Waals surface area contributed by atoms with E-state index < -0.39 is 0 Å². The van der Waals surface area contributed by atoms with Crippen molar-refractivity contribution in [3.8, 4) is 0 Å². The van der Waals surface area contributed by atoms with Crippen LogP contribution < -0.4 is 5.32 Å². The van der Waals surface area contributed by atoms with Crippen molar-refractivity contribution in [2.75, 3.05) is 11.9 Å². The van der Waals surface area contributed by atoms with Crippen molar-refractivity contribution >= 4 is 16.6 Å². The molecule has 0 fully saturated rings. The van der Waals surface area contributed by atoms with E-state index in [2.05, 4.69) is 55.3 Å². The van der Waals surface area contributed by atoms with Gasteiger partial charge in [-0.3, -0.25) is 0 Å². The average molecular weight is 257 g/mol. The minimum Gasteiger partial charge on any atom is -0.368 e. The highest BCUT2D eigenvalue weighted by Gasteiger charge is 2.20. The van der Waals surface area contributed by atoms with Crippen LogP contribution >= 0.6 is 0 Å². The second kappa shape index (κ2) is 5.16. The van der Waals surface area contributed by atoms with Gasteiger partial charge in [0.1, 0.15) is 0 Å². The summed E-state index contributed by atoms with van der Waals surface area (Å²) in [6.45, 7) is 12.0. The lowest BCUT2D eigenvalue weighted by atomic mass is 9.82. The maximum atomic E-state index is 4.30. The van der Waals surface area contributed by atoms with Crippen LogP contribution in [0.5, 0.6) is 0 Å². The second-order valence-corrected chi connectivity index (χ2v) is 6.33. The highest BCUT2D eigenvalue weighted by molar-refractivity contribution is 5.92. The van der Waals surface area contributed by atoms with Gasteiger partial charge in [0.2, 0.25) is 0 Å². The van der Waals surface area contributed by atoms with Crippen LogP contribution in [0.25, 0.3) is 10.8 Å². The van der Waals surface area contributed by atoms with Gasteiger partial charge in [-0.2, -0.15) is 5.10 Å². The molecule has 1 aromatic carbocycles. The van der Waals surface area contributed by atoms with Crippen LogP contribution in [0.1, 0.15) is 33.4 Å². The first-order valence-electron chi connectivity index (χ1n) is 6.85. The lowest BCUT2D eigenvalue weighted by Crippen LogP contribution is -2.25. The summed E-state index contributed by atoms with van der Waals surface area (Å²) in [6, 6.07) is 8.28. The Kier molecular flexibility index (Phi) is 3.74. The summed E-state index contributed by atoms with van der Waals surface area (Å²) in [7, 11) is 0. The number of rotatable bonds is 3. The first-order chi connectivity index (χ1) is 8.89. The number of aryl methyl sites for hydroxylation is 1. The summed E-state index contributed by atoms with van der Waals surface area (Å²) >= 11 is 0. The molecule has 0 amide bonds. The smallest absolute Gasteiger partial charge is 0.156 e. The van der Waals surface area contributed by atoms with E-state index in [0.717, 1.165) is 23.4 Å². The summed E-state index contributed by atoms with van der Waals surface area (Å²) in [4.78, 5) is 0. The van der Waals surface area contributed by atoms with Gasteiger partial charge >= 0.3 is 0 Å². The fourth-order valence-electron chi connectivity index (χ4n) is 1.92. The SMILES string of the molecule is Cc1nnc(NCC(C)C(C)(C)C)c2ccccc12. The lowest BCUT2D eigenvalue weighted by Gasteiger charge is -2.27. The molecular weight excluding hydrogens is 234 g/mol. The van der Waals surface area contributed by atoms with E-state index in [0.29, 0.717) is 11.3 Å². The summed E-state index contributed by atoms with van der Waals surface area (Å²) in [5, 5.41) is 14.3. The highest BCUT2D eigenvalue weighted by Crippen LogP contribution is 2.27. The zero-order valence-corrected chi connectivity index (χ0v) is 12.5. The van der Waals surface area contributed by atoms with Gasteiger partial charge in [-0.25, -0.2) is 0 Å². The normalized spacial score (nSPS) is 13.5. The molecule has 0 aliphatic carbocycles. The molecule has 1 atom stereocenters. The number of nitrogens with one attached hydrogen (secondary N) is 1. The third kappa shape index (κ3) is 3.03. The lowest BCUT2D eigenvalue weighted by molar-refractivity contribution is 0.274. The molecule has 3 nitrogen and oxygen atoms in total. The standard InChI is InChI=1S/C16H23N3/c1-11(16(3,4)5)10-17-15-14-9-7-6-8-13(14)12(2)18-19-15/h6-9,11H,10H2,1-5H3,(H,17,19). The Balaban J connectivity index is 2.25. The third-order valence-electron chi connectivity index (χ3n) is 3.93. The number of nitrogens with zero attached hydrogens (tertiary/aromatic N) is 2. The molecule has 2 rings (SSSR count). The molecule has 0 bridgehead atoms. The molecule has 3 heteroatoms. The van der Waals surface area contributed by atoms with Crippen molar-refractivity contribution in [1.82, 2.24) is 10.2 Å². The Morgan fingerprint density at radius 2 is 1.74 bits per heavy atom. The van der Waals surface area contributed by atoms with E-state index in [1.165, 1.54) is 5.39 Å². The molecule has 19 heavy (non-hydrogen) atoms. The van der Waals surface area contributed by atoms with Crippen molar-refractivity contribution < 1.29 is 0 Å². The van der Waals surface area contributed by atoms with Crippen molar-refractivity contribution in [1.29, 1.82) is 0 Å². The Morgan fingerprint density at radius 1 is 1.11 bits per heavy atom. The molecule has 102 valence electrons. The van der Waals surface area contributed by atoms with Gasteiger partial charge in [0, 0.05) is 17.3 Å². The maximum absolute atomic E-state index is 4.30. The minimum atomic E-state index is 0.293. The van der Waals surface area contributed by atoms with E-state index in [-0.39, 0.29) is 0 Å². The Hall–Kier alpha value is -1.64.